The summed E-state index contributed by atoms with van der Waals surface area (Å²) in [5.41, 5.74) is 7.62. The van der Waals surface area contributed by atoms with Gasteiger partial charge in [0.2, 0.25) is 0 Å². The summed E-state index contributed by atoms with van der Waals surface area (Å²) in [6.45, 7) is 0.254. The van der Waals surface area contributed by atoms with Crippen molar-refractivity contribution in [3.8, 4) is 5.75 Å². The topological polar surface area (TPSA) is 72.5 Å². The van der Waals surface area contributed by atoms with Gasteiger partial charge in [-0.3, -0.25) is 4.98 Å². The summed E-state index contributed by atoms with van der Waals surface area (Å²) in [5.74, 6) is -0.406. The number of nitrogens with zero attached hydrogens (tertiary/aromatic N) is 2. The molecule has 0 aliphatic carbocycles. The Morgan fingerprint density at radius 2 is 1.81 bits per heavy atom. The molecule has 1 heterocycles. The molecule has 0 saturated heterocycles. The van der Waals surface area contributed by atoms with Crippen LogP contribution in [-0.2, 0) is 6.54 Å². The second kappa shape index (κ2) is 7.30. The number of pyridine rings is 1. The average Bonchev–Trinajstić information content (AvgIpc) is 2.60. The van der Waals surface area contributed by atoms with Crippen molar-refractivity contribution in [2.75, 3.05) is 5.32 Å². The fourth-order valence-electron chi connectivity index (χ4n) is 2.42. The Labute approximate surface area is 147 Å². The molecule has 1 aromatic heterocycles. The number of anilines is 1. The summed E-state index contributed by atoms with van der Waals surface area (Å²) in [5, 5.41) is 3.58. The van der Waals surface area contributed by atoms with Crippen molar-refractivity contribution in [3.63, 3.8) is 0 Å². The molecule has 26 heavy (non-hydrogen) atoms. The van der Waals surface area contributed by atoms with E-state index >= 15 is 0 Å². The first-order valence-electron chi connectivity index (χ1n) is 7.67. The molecule has 0 radical (unpaired) electrons. The number of aliphatic imine (C=N–C) groups is 1. The van der Waals surface area contributed by atoms with Crippen LogP contribution in [0.1, 0.15) is 5.56 Å². The van der Waals surface area contributed by atoms with E-state index in [9.17, 15) is 13.2 Å². The number of nitrogens with two attached hydrogens (primary N) is 1. The van der Waals surface area contributed by atoms with Crippen LogP contribution in [0, 0.1) is 0 Å². The minimum absolute atomic E-state index is 0.0240. The Kier molecular flexibility index (Phi) is 4.92. The zero-order valence-electron chi connectivity index (χ0n) is 13.5. The number of alkyl halides is 3. The van der Waals surface area contributed by atoms with Gasteiger partial charge in [-0.25, -0.2) is 4.99 Å². The summed E-state index contributed by atoms with van der Waals surface area (Å²) < 4.78 is 41.4. The highest BCUT2D eigenvalue weighted by Gasteiger charge is 2.32. The van der Waals surface area contributed by atoms with Crippen molar-refractivity contribution in [1.82, 2.24) is 4.98 Å². The molecule has 0 bridgehead atoms. The molecule has 5 nitrogen and oxygen atoms in total. The quantitative estimate of drug-likeness (QED) is 0.544. The monoisotopic (exact) mass is 360 g/mol. The highest BCUT2D eigenvalue weighted by atomic mass is 19.4. The number of rotatable bonds is 4. The molecule has 0 aliphatic rings. The van der Waals surface area contributed by atoms with Gasteiger partial charge >= 0.3 is 6.36 Å². The van der Waals surface area contributed by atoms with Crippen molar-refractivity contribution >= 4 is 22.5 Å². The van der Waals surface area contributed by atoms with Crippen LogP contribution in [-0.4, -0.2) is 17.3 Å². The summed E-state index contributed by atoms with van der Waals surface area (Å²) >= 11 is 0. The number of nitrogens with one attached hydrogen (secondary N) is 1. The third kappa shape index (κ3) is 4.41. The number of benzene rings is 2. The Morgan fingerprint density at radius 3 is 2.62 bits per heavy atom. The van der Waals surface area contributed by atoms with Gasteiger partial charge in [-0.1, -0.05) is 30.3 Å². The van der Waals surface area contributed by atoms with Crippen LogP contribution in [0.15, 0.2) is 65.8 Å². The lowest BCUT2D eigenvalue weighted by atomic mass is 10.1. The maximum absolute atomic E-state index is 12.5. The van der Waals surface area contributed by atoms with Crippen molar-refractivity contribution in [3.05, 3.63) is 66.4 Å². The summed E-state index contributed by atoms with van der Waals surface area (Å²) in [4.78, 5) is 8.46. The number of hydrogen-bond donors (Lipinski definition) is 2. The van der Waals surface area contributed by atoms with Crippen LogP contribution in [0.3, 0.4) is 0 Å². The molecule has 0 unspecified atom stereocenters. The molecule has 0 saturated carbocycles. The lowest BCUT2D eigenvalue weighted by molar-refractivity contribution is -0.274. The largest absolute Gasteiger partial charge is 0.573 e. The van der Waals surface area contributed by atoms with Crippen LogP contribution in [0.5, 0.6) is 5.75 Å². The van der Waals surface area contributed by atoms with Gasteiger partial charge in [-0.2, -0.15) is 0 Å². The summed E-state index contributed by atoms with van der Waals surface area (Å²) in [6.07, 6.45) is -3.12. The molecule has 3 rings (SSSR count). The molecule has 8 heteroatoms. The number of aromatic nitrogens is 1. The number of ether oxygens (including phenoxy) is 1. The van der Waals surface area contributed by atoms with Crippen molar-refractivity contribution in [2.45, 2.75) is 12.9 Å². The maximum Gasteiger partial charge on any atom is 0.573 e. The molecule has 3 aromatic rings. The maximum atomic E-state index is 12.5. The first kappa shape index (κ1) is 17.5. The average molecular weight is 360 g/mol. The molecule has 0 spiro atoms. The van der Waals surface area contributed by atoms with Crippen LogP contribution in [0.25, 0.3) is 10.9 Å². The fourth-order valence-corrected chi connectivity index (χ4v) is 2.42. The number of para-hydroxylation sites is 3. The van der Waals surface area contributed by atoms with E-state index in [-0.39, 0.29) is 23.9 Å². The predicted octanol–water partition coefficient (Wildman–Crippen LogP) is 4.06. The van der Waals surface area contributed by atoms with Gasteiger partial charge in [-0.15, -0.1) is 13.2 Å². The normalized spacial score (nSPS) is 12.2. The van der Waals surface area contributed by atoms with E-state index in [1.165, 1.54) is 18.2 Å². The minimum atomic E-state index is -4.79. The van der Waals surface area contributed by atoms with Gasteiger partial charge in [-0.05, 0) is 29.8 Å². The summed E-state index contributed by atoms with van der Waals surface area (Å²) in [6, 6.07) is 15.0. The Balaban J connectivity index is 1.77. The second-order valence-electron chi connectivity index (χ2n) is 5.36. The number of fused-ring (bicyclic) bond motifs is 1. The predicted molar refractivity (Wildman–Crippen MR) is 93.8 cm³/mol. The SMILES string of the molecule is NC(=NCc1ccnc2ccccc12)Nc1ccccc1OC(F)(F)F. The molecule has 134 valence electrons. The third-order valence-corrected chi connectivity index (χ3v) is 3.53. The van der Waals surface area contributed by atoms with Gasteiger partial charge in [0.1, 0.15) is 0 Å². The van der Waals surface area contributed by atoms with Crippen LogP contribution < -0.4 is 15.8 Å². The number of hydrogen-bond acceptors (Lipinski definition) is 3. The van der Waals surface area contributed by atoms with Crippen molar-refractivity contribution in [1.29, 1.82) is 0 Å². The van der Waals surface area contributed by atoms with E-state index < -0.39 is 6.36 Å². The zero-order valence-corrected chi connectivity index (χ0v) is 13.5. The van der Waals surface area contributed by atoms with Gasteiger partial charge in [0.05, 0.1) is 17.7 Å². The molecule has 0 amide bonds. The Hall–Kier alpha value is -3.29. The Bertz CT molecular complexity index is 936. The lowest BCUT2D eigenvalue weighted by Crippen LogP contribution is -2.24. The first-order chi connectivity index (χ1) is 12.4. The Morgan fingerprint density at radius 1 is 1.08 bits per heavy atom. The van der Waals surface area contributed by atoms with Gasteiger partial charge in [0.15, 0.2) is 11.7 Å². The van der Waals surface area contributed by atoms with E-state index in [1.807, 2.05) is 30.3 Å². The van der Waals surface area contributed by atoms with Crippen molar-refractivity contribution < 1.29 is 17.9 Å². The van der Waals surface area contributed by atoms with Crippen molar-refractivity contribution in [2.24, 2.45) is 10.7 Å². The zero-order chi connectivity index (χ0) is 18.6. The number of guanidine groups is 1. The molecular formula is C18H15F3N4O. The lowest BCUT2D eigenvalue weighted by Gasteiger charge is -2.14. The third-order valence-electron chi connectivity index (χ3n) is 3.53. The molecule has 2 aromatic carbocycles. The van der Waals surface area contributed by atoms with Crippen LogP contribution >= 0.6 is 0 Å². The molecule has 0 fully saturated rings. The molecule has 0 atom stereocenters. The van der Waals surface area contributed by atoms with Gasteiger partial charge in [0, 0.05) is 11.6 Å². The number of halogens is 3. The highest BCUT2D eigenvalue weighted by molar-refractivity contribution is 5.94. The molecular weight excluding hydrogens is 345 g/mol. The van der Waals surface area contributed by atoms with E-state index in [1.54, 1.807) is 12.3 Å². The minimum Gasteiger partial charge on any atom is -0.404 e. The van der Waals surface area contributed by atoms with Crippen LogP contribution in [0.4, 0.5) is 18.9 Å². The molecule has 3 N–H and O–H groups in total. The van der Waals surface area contributed by atoms with E-state index in [2.05, 4.69) is 20.0 Å². The van der Waals surface area contributed by atoms with Gasteiger partial charge in [0.25, 0.3) is 0 Å². The standard InChI is InChI=1S/C18H15F3N4O/c19-18(20,21)26-16-8-4-3-7-15(16)25-17(22)24-11-12-9-10-23-14-6-2-1-5-13(12)14/h1-10H,11H2,(H3,22,24,25). The fraction of sp³-hybridized carbons (Fsp3) is 0.111. The smallest absolute Gasteiger partial charge is 0.404 e. The second-order valence-corrected chi connectivity index (χ2v) is 5.36. The highest BCUT2D eigenvalue weighted by Crippen LogP contribution is 2.29. The van der Waals surface area contributed by atoms with Crippen LogP contribution in [0.2, 0.25) is 0 Å². The van der Waals surface area contributed by atoms with E-state index in [4.69, 9.17) is 5.73 Å². The van der Waals surface area contributed by atoms with E-state index in [0.29, 0.717) is 0 Å². The summed E-state index contributed by atoms with van der Waals surface area (Å²) in [7, 11) is 0. The molecule has 0 aliphatic heterocycles. The van der Waals surface area contributed by atoms with E-state index in [0.717, 1.165) is 16.5 Å². The first-order valence-corrected chi connectivity index (χ1v) is 7.67. The van der Waals surface area contributed by atoms with Gasteiger partial charge < -0.3 is 15.8 Å².